The van der Waals surface area contributed by atoms with Gasteiger partial charge in [-0.25, -0.2) is 13.4 Å². The van der Waals surface area contributed by atoms with Crippen molar-refractivity contribution in [1.29, 1.82) is 0 Å². The average molecular weight is 409 g/mol. The van der Waals surface area contributed by atoms with E-state index in [0.717, 1.165) is 51.8 Å². The van der Waals surface area contributed by atoms with Crippen molar-refractivity contribution in [2.75, 3.05) is 50.9 Å². The third kappa shape index (κ3) is 6.46. The van der Waals surface area contributed by atoms with E-state index in [1.165, 1.54) is 11.1 Å². The lowest BCUT2D eigenvalue weighted by Gasteiger charge is -2.27. The van der Waals surface area contributed by atoms with Crippen LogP contribution < -0.4 is 10.6 Å². The normalized spacial score (nSPS) is 22.9. The first-order valence-corrected chi connectivity index (χ1v) is 12.0. The molecule has 0 radical (unpaired) electrons. The molecule has 2 fully saturated rings. The molecule has 0 aromatic heterocycles. The first-order chi connectivity index (χ1) is 13.6. The van der Waals surface area contributed by atoms with Crippen LogP contribution in [-0.2, 0) is 27.7 Å². The Balaban J connectivity index is 1.59. The SMILES string of the molecule is CCNC(=NCc1ccccc1CN1CCOCC1)NCC1CCS(=O)(=O)C1. The molecule has 7 nitrogen and oxygen atoms in total. The van der Waals surface area contributed by atoms with E-state index in [1.807, 2.05) is 6.92 Å². The predicted octanol–water partition coefficient (Wildman–Crippen LogP) is 1.01. The smallest absolute Gasteiger partial charge is 0.191 e. The molecule has 0 spiro atoms. The zero-order valence-corrected chi connectivity index (χ0v) is 17.5. The number of hydrogen-bond acceptors (Lipinski definition) is 5. The van der Waals surface area contributed by atoms with Gasteiger partial charge in [-0.05, 0) is 30.4 Å². The first kappa shape index (κ1) is 21.1. The molecule has 1 unspecified atom stereocenters. The second-order valence-corrected chi connectivity index (χ2v) is 9.73. The highest BCUT2D eigenvalue weighted by Gasteiger charge is 2.27. The minimum atomic E-state index is -2.84. The third-order valence-electron chi connectivity index (χ3n) is 5.25. The van der Waals surface area contributed by atoms with Crippen LogP contribution in [0.25, 0.3) is 0 Å². The third-order valence-corrected chi connectivity index (χ3v) is 7.09. The van der Waals surface area contributed by atoms with Gasteiger partial charge in [-0.1, -0.05) is 24.3 Å². The molecule has 1 atom stereocenters. The Morgan fingerprint density at radius 3 is 2.64 bits per heavy atom. The Morgan fingerprint density at radius 2 is 1.96 bits per heavy atom. The standard InChI is InChI=1S/C20H32N4O3S/c1-2-21-20(22-13-17-7-12-28(25,26)16-17)23-14-18-5-3-4-6-19(18)15-24-8-10-27-11-9-24/h3-6,17H,2,7-16H2,1H3,(H2,21,22,23). The lowest BCUT2D eigenvalue weighted by atomic mass is 10.1. The van der Waals surface area contributed by atoms with Gasteiger partial charge < -0.3 is 15.4 Å². The van der Waals surface area contributed by atoms with Crippen LogP contribution in [0.2, 0.25) is 0 Å². The van der Waals surface area contributed by atoms with Crippen LogP contribution in [-0.4, -0.2) is 70.2 Å². The summed E-state index contributed by atoms with van der Waals surface area (Å²) in [6.07, 6.45) is 0.733. The molecule has 1 aromatic carbocycles. The van der Waals surface area contributed by atoms with Crippen molar-refractivity contribution in [2.45, 2.75) is 26.4 Å². The highest BCUT2D eigenvalue weighted by Crippen LogP contribution is 2.17. The van der Waals surface area contributed by atoms with E-state index < -0.39 is 9.84 Å². The zero-order chi connectivity index (χ0) is 19.8. The predicted molar refractivity (Wildman–Crippen MR) is 112 cm³/mol. The molecule has 0 amide bonds. The summed E-state index contributed by atoms with van der Waals surface area (Å²) in [6.45, 7) is 8.47. The van der Waals surface area contributed by atoms with Gasteiger partial charge in [0.25, 0.3) is 0 Å². The van der Waals surface area contributed by atoms with Crippen LogP contribution in [0, 0.1) is 5.92 Å². The zero-order valence-electron chi connectivity index (χ0n) is 16.7. The van der Waals surface area contributed by atoms with E-state index in [1.54, 1.807) is 0 Å². The van der Waals surface area contributed by atoms with Gasteiger partial charge in [0.05, 0.1) is 31.3 Å². The summed E-state index contributed by atoms with van der Waals surface area (Å²) in [4.78, 5) is 7.15. The topological polar surface area (TPSA) is 83.0 Å². The molecule has 2 aliphatic rings. The fourth-order valence-electron chi connectivity index (χ4n) is 3.65. The summed E-state index contributed by atoms with van der Waals surface area (Å²) in [5.41, 5.74) is 2.51. The molecule has 156 valence electrons. The summed E-state index contributed by atoms with van der Waals surface area (Å²) < 4.78 is 28.7. The van der Waals surface area contributed by atoms with Gasteiger partial charge in [0, 0.05) is 32.7 Å². The van der Waals surface area contributed by atoms with Gasteiger partial charge in [-0.3, -0.25) is 4.90 Å². The number of nitrogens with zero attached hydrogens (tertiary/aromatic N) is 2. The quantitative estimate of drug-likeness (QED) is 0.518. The second-order valence-electron chi connectivity index (χ2n) is 7.50. The molecule has 0 saturated carbocycles. The molecule has 2 aliphatic heterocycles. The second kappa shape index (κ2) is 10.2. The van der Waals surface area contributed by atoms with Crippen molar-refractivity contribution in [1.82, 2.24) is 15.5 Å². The summed E-state index contributed by atoms with van der Waals surface area (Å²) >= 11 is 0. The number of rotatable bonds is 7. The van der Waals surface area contributed by atoms with Gasteiger partial charge in [-0.2, -0.15) is 0 Å². The van der Waals surface area contributed by atoms with Crippen LogP contribution in [0.1, 0.15) is 24.5 Å². The van der Waals surface area contributed by atoms with Crippen molar-refractivity contribution in [2.24, 2.45) is 10.9 Å². The van der Waals surface area contributed by atoms with Crippen LogP contribution in [0.5, 0.6) is 0 Å². The Labute approximate surface area is 168 Å². The maximum Gasteiger partial charge on any atom is 0.191 e. The number of ether oxygens (including phenoxy) is 1. The van der Waals surface area contributed by atoms with Crippen molar-refractivity contribution in [3.8, 4) is 0 Å². The largest absolute Gasteiger partial charge is 0.379 e. The maximum atomic E-state index is 11.6. The summed E-state index contributed by atoms with van der Waals surface area (Å²) in [5.74, 6) is 1.50. The maximum absolute atomic E-state index is 11.6. The fourth-order valence-corrected chi connectivity index (χ4v) is 5.51. The van der Waals surface area contributed by atoms with E-state index in [9.17, 15) is 8.42 Å². The highest BCUT2D eigenvalue weighted by atomic mass is 32.2. The number of sulfone groups is 1. The number of benzene rings is 1. The lowest BCUT2D eigenvalue weighted by molar-refractivity contribution is 0.0341. The Kier molecular flexibility index (Phi) is 7.70. The molecule has 2 saturated heterocycles. The molecule has 0 bridgehead atoms. The highest BCUT2D eigenvalue weighted by molar-refractivity contribution is 7.91. The van der Waals surface area contributed by atoms with Gasteiger partial charge in [-0.15, -0.1) is 0 Å². The average Bonchev–Trinajstić information content (AvgIpc) is 3.05. The lowest BCUT2D eigenvalue weighted by Crippen LogP contribution is -2.40. The minimum absolute atomic E-state index is 0.169. The molecule has 3 rings (SSSR count). The van der Waals surface area contributed by atoms with E-state index in [2.05, 4.69) is 39.8 Å². The number of guanidine groups is 1. The van der Waals surface area contributed by atoms with Crippen molar-refractivity contribution < 1.29 is 13.2 Å². The summed E-state index contributed by atoms with van der Waals surface area (Å²) in [5, 5.41) is 6.58. The Bertz CT molecular complexity index is 760. The molecule has 8 heteroatoms. The molecule has 0 aliphatic carbocycles. The van der Waals surface area contributed by atoms with E-state index in [4.69, 9.17) is 9.73 Å². The summed E-state index contributed by atoms with van der Waals surface area (Å²) in [7, 11) is -2.84. The molecule has 2 heterocycles. The monoisotopic (exact) mass is 408 g/mol. The van der Waals surface area contributed by atoms with Crippen LogP contribution in [0.15, 0.2) is 29.3 Å². The first-order valence-electron chi connectivity index (χ1n) is 10.1. The van der Waals surface area contributed by atoms with Crippen LogP contribution >= 0.6 is 0 Å². The number of morpholine rings is 1. The van der Waals surface area contributed by atoms with E-state index in [0.29, 0.717) is 18.8 Å². The Hall–Kier alpha value is -1.64. The van der Waals surface area contributed by atoms with Gasteiger partial charge >= 0.3 is 0 Å². The van der Waals surface area contributed by atoms with Gasteiger partial charge in [0.1, 0.15) is 0 Å². The van der Waals surface area contributed by atoms with Gasteiger partial charge in [0.15, 0.2) is 15.8 Å². The molecule has 28 heavy (non-hydrogen) atoms. The summed E-state index contributed by atoms with van der Waals surface area (Å²) in [6, 6.07) is 8.43. The minimum Gasteiger partial charge on any atom is -0.379 e. The van der Waals surface area contributed by atoms with E-state index in [-0.39, 0.29) is 11.7 Å². The molecular weight excluding hydrogens is 376 g/mol. The van der Waals surface area contributed by atoms with E-state index >= 15 is 0 Å². The number of nitrogens with one attached hydrogen (secondary N) is 2. The molecule has 1 aromatic rings. The fraction of sp³-hybridized carbons (Fsp3) is 0.650. The van der Waals surface area contributed by atoms with Crippen molar-refractivity contribution in [3.63, 3.8) is 0 Å². The van der Waals surface area contributed by atoms with Crippen molar-refractivity contribution >= 4 is 15.8 Å². The number of hydrogen-bond donors (Lipinski definition) is 2. The molecule has 2 N–H and O–H groups in total. The van der Waals surface area contributed by atoms with Crippen LogP contribution in [0.4, 0.5) is 0 Å². The van der Waals surface area contributed by atoms with Gasteiger partial charge in [0.2, 0.25) is 0 Å². The Morgan fingerprint density at radius 1 is 1.21 bits per heavy atom. The molecular formula is C20H32N4O3S. The number of aliphatic imine (C=N–C) groups is 1. The van der Waals surface area contributed by atoms with Crippen LogP contribution in [0.3, 0.4) is 0 Å². The van der Waals surface area contributed by atoms with Crippen molar-refractivity contribution in [3.05, 3.63) is 35.4 Å².